The summed E-state index contributed by atoms with van der Waals surface area (Å²) in [6.45, 7) is 0. The molecule has 1 heterocycles. The van der Waals surface area contributed by atoms with Gasteiger partial charge in [-0.1, -0.05) is 6.07 Å². The Balaban J connectivity index is 0.000000224. The van der Waals surface area contributed by atoms with Crippen LogP contribution in [0.3, 0.4) is 0 Å². The average Bonchev–Trinajstić information content (AvgIpc) is 2.75. The second-order valence-electron chi connectivity index (χ2n) is 3.21. The number of carbonyl (C=O) groups is 2. The summed E-state index contributed by atoms with van der Waals surface area (Å²) in [5.74, 6) is -3.71. The number of alkyl halides is 3. The number of aliphatic carboxylic acids is 1. The summed E-state index contributed by atoms with van der Waals surface area (Å²) in [4.78, 5) is 26.3. The number of fused-ring (bicyclic) bond motifs is 1. The summed E-state index contributed by atoms with van der Waals surface area (Å²) in [5.41, 5.74) is 1.48. The van der Waals surface area contributed by atoms with Gasteiger partial charge in [-0.2, -0.15) is 13.2 Å². The third-order valence-corrected chi connectivity index (χ3v) is 1.92. The minimum Gasteiger partial charge on any atom is -0.478 e. The van der Waals surface area contributed by atoms with Gasteiger partial charge in [-0.25, -0.2) is 14.6 Å². The number of aromatic nitrogens is 2. The maximum Gasteiger partial charge on any atom is 0.490 e. The Labute approximate surface area is 103 Å². The van der Waals surface area contributed by atoms with Gasteiger partial charge in [-0.05, 0) is 12.1 Å². The Hall–Kier alpha value is -2.58. The SMILES string of the molecule is O=C(O)C(F)(F)F.O=C(O)c1cccc2[nH]cnc12. The number of aromatic amines is 1. The maximum atomic E-state index is 10.7. The van der Waals surface area contributed by atoms with Crippen LogP contribution in [0.2, 0.25) is 0 Å². The lowest BCUT2D eigenvalue weighted by atomic mass is 10.2. The summed E-state index contributed by atoms with van der Waals surface area (Å²) in [6.07, 6.45) is -3.60. The standard InChI is InChI=1S/C8H6N2O2.C2HF3O2/c11-8(12)5-2-1-3-6-7(5)10-4-9-6;3-2(4,5)1(6)7/h1-4H,(H,9,10)(H,11,12);(H,6,7). The maximum absolute atomic E-state index is 10.7. The zero-order valence-corrected chi connectivity index (χ0v) is 9.10. The zero-order chi connectivity index (χ0) is 14.6. The fraction of sp³-hybridized carbons (Fsp3) is 0.100. The molecule has 0 aliphatic rings. The van der Waals surface area contributed by atoms with Crippen molar-refractivity contribution in [1.82, 2.24) is 9.97 Å². The third kappa shape index (κ3) is 3.69. The molecule has 0 atom stereocenters. The quantitative estimate of drug-likeness (QED) is 0.738. The number of hydrogen-bond acceptors (Lipinski definition) is 3. The van der Waals surface area contributed by atoms with Crippen LogP contribution in [0.5, 0.6) is 0 Å². The number of benzene rings is 1. The molecule has 6 nitrogen and oxygen atoms in total. The molecule has 102 valence electrons. The number of rotatable bonds is 1. The van der Waals surface area contributed by atoms with Gasteiger partial charge < -0.3 is 15.2 Å². The van der Waals surface area contributed by atoms with Crippen molar-refractivity contribution in [3.8, 4) is 0 Å². The molecule has 0 amide bonds. The van der Waals surface area contributed by atoms with E-state index in [0.717, 1.165) is 5.52 Å². The molecule has 2 rings (SSSR count). The van der Waals surface area contributed by atoms with Gasteiger partial charge in [-0.15, -0.1) is 0 Å². The second kappa shape index (κ2) is 5.38. The highest BCUT2D eigenvalue weighted by Crippen LogP contribution is 2.14. The molecule has 3 N–H and O–H groups in total. The second-order valence-corrected chi connectivity index (χ2v) is 3.21. The molecule has 0 fully saturated rings. The van der Waals surface area contributed by atoms with Gasteiger partial charge in [0.25, 0.3) is 0 Å². The third-order valence-electron chi connectivity index (χ3n) is 1.92. The average molecular weight is 276 g/mol. The van der Waals surface area contributed by atoms with E-state index >= 15 is 0 Å². The van der Waals surface area contributed by atoms with Crippen molar-refractivity contribution in [3.63, 3.8) is 0 Å². The normalized spacial score (nSPS) is 10.7. The number of para-hydroxylation sites is 1. The van der Waals surface area contributed by atoms with Crippen molar-refractivity contribution >= 4 is 23.0 Å². The van der Waals surface area contributed by atoms with Crippen LogP contribution < -0.4 is 0 Å². The summed E-state index contributed by atoms with van der Waals surface area (Å²) in [7, 11) is 0. The van der Waals surface area contributed by atoms with E-state index < -0.39 is 18.1 Å². The predicted octanol–water partition coefficient (Wildman–Crippen LogP) is 1.89. The van der Waals surface area contributed by atoms with E-state index in [-0.39, 0.29) is 5.56 Å². The molecule has 0 radical (unpaired) electrons. The van der Waals surface area contributed by atoms with E-state index in [2.05, 4.69) is 9.97 Å². The number of nitrogens with zero attached hydrogens (tertiary/aromatic N) is 1. The molecule has 0 saturated carbocycles. The van der Waals surface area contributed by atoms with Crippen molar-refractivity contribution in [2.24, 2.45) is 0 Å². The van der Waals surface area contributed by atoms with Crippen molar-refractivity contribution < 1.29 is 33.0 Å². The number of halogens is 3. The molecule has 1 aromatic heterocycles. The topological polar surface area (TPSA) is 103 Å². The highest BCUT2D eigenvalue weighted by molar-refractivity contribution is 6.00. The van der Waals surface area contributed by atoms with Gasteiger partial charge in [0.05, 0.1) is 17.4 Å². The largest absolute Gasteiger partial charge is 0.490 e. The predicted molar refractivity (Wildman–Crippen MR) is 56.7 cm³/mol. The first-order valence-electron chi connectivity index (χ1n) is 4.69. The first kappa shape index (κ1) is 14.5. The van der Waals surface area contributed by atoms with Crippen molar-refractivity contribution in [3.05, 3.63) is 30.1 Å². The van der Waals surface area contributed by atoms with Crippen LogP contribution in [-0.2, 0) is 4.79 Å². The highest BCUT2D eigenvalue weighted by atomic mass is 19.4. The molecule has 0 spiro atoms. The van der Waals surface area contributed by atoms with Crippen LogP contribution >= 0.6 is 0 Å². The Morgan fingerprint density at radius 1 is 1.21 bits per heavy atom. The fourth-order valence-electron chi connectivity index (χ4n) is 1.14. The molecular formula is C10H7F3N2O4. The number of carboxylic acids is 2. The van der Waals surface area contributed by atoms with Crippen LogP contribution in [0.15, 0.2) is 24.5 Å². The minimum absolute atomic E-state index is 0.230. The molecule has 2 aromatic rings. The molecule has 1 aromatic carbocycles. The Kier molecular flexibility index (Phi) is 4.10. The zero-order valence-electron chi connectivity index (χ0n) is 9.10. The molecule has 9 heteroatoms. The summed E-state index contributed by atoms with van der Waals surface area (Å²) < 4.78 is 31.7. The Bertz CT molecular complexity index is 606. The van der Waals surface area contributed by atoms with E-state index in [1.165, 1.54) is 12.4 Å². The van der Waals surface area contributed by atoms with Crippen LogP contribution in [0, 0.1) is 0 Å². The van der Waals surface area contributed by atoms with E-state index in [1.807, 2.05) is 0 Å². The number of imidazole rings is 1. The number of carboxylic acid groups (broad SMARTS) is 2. The first-order valence-corrected chi connectivity index (χ1v) is 4.69. The van der Waals surface area contributed by atoms with E-state index in [4.69, 9.17) is 15.0 Å². The van der Waals surface area contributed by atoms with Crippen LogP contribution in [0.25, 0.3) is 11.0 Å². The fourth-order valence-corrected chi connectivity index (χ4v) is 1.14. The van der Waals surface area contributed by atoms with E-state index in [9.17, 15) is 18.0 Å². The number of H-pyrrole nitrogens is 1. The lowest BCUT2D eigenvalue weighted by Gasteiger charge is -1.93. The van der Waals surface area contributed by atoms with Crippen molar-refractivity contribution in [2.45, 2.75) is 6.18 Å². The number of aromatic carboxylic acids is 1. The van der Waals surface area contributed by atoms with Gasteiger partial charge in [0.15, 0.2) is 0 Å². The Morgan fingerprint density at radius 3 is 2.26 bits per heavy atom. The Morgan fingerprint density at radius 2 is 1.79 bits per heavy atom. The summed E-state index contributed by atoms with van der Waals surface area (Å²) in [6, 6.07) is 5.00. The van der Waals surface area contributed by atoms with Crippen molar-refractivity contribution in [2.75, 3.05) is 0 Å². The molecule has 0 unspecified atom stereocenters. The summed E-state index contributed by atoms with van der Waals surface area (Å²) >= 11 is 0. The van der Waals surface area contributed by atoms with Gasteiger partial charge >= 0.3 is 18.1 Å². The minimum atomic E-state index is -5.08. The van der Waals surface area contributed by atoms with Gasteiger partial charge in [0, 0.05) is 0 Å². The lowest BCUT2D eigenvalue weighted by Crippen LogP contribution is -2.21. The van der Waals surface area contributed by atoms with Gasteiger partial charge in [0.1, 0.15) is 5.52 Å². The van der Waals surface area contributed by atoms with E-state index in [1.54, 1.807) is 12.1 Å². The molecule has 0 aliphatic heterocycles. The van der Waals surface area contributed by atoms with Gasteiger partial charge in [0.2, 0.25) is 0 Å². The smallest absolute Gasteiger partial charge is 0.478 e. The monoisotopic (exact) mass is 276 g/mol. The number of hydrogen-bond donors (Lipinski definition) is 3. The highest BCUT2D eigenvalue weighted by Gasteiger charge is 2.38. The molecule has 0 bridgehead atoms. The van der Waals surface area contributed by atoms with Crippen LogP contribution in [-0.4, -0.2) is 38.3 Å². The van der Waals surface area contributed by atoms with Crippen LogP contribution in [0.4, 0.5) is 13.2 Å². The molecule has 0 aliphatic carbocycles. The lowest BCUT2D eigenvalue weighted by molar-refractivity contribution is -0.192. The van der Waals surface area contributed by atoms with E-state index in [0.29, 0.717) is 5.52 Å². The molecule has 0 saturated heterocycles. The summed E-state index contributed by atoms with van der Waals surface area (Å²) in [5, 5.41) is 15.9. The number of nitrogens with one attached hydrogen (secondary N) is 1. The molecular weight excluding hydrogens is 269 g/mol. The van der Waals surface area contributed by atoms with Gasteiger partial charge in [-0.3, -0.25) is 0 Å². The molecule has 19 heavy (non-hydrogen) atoms. The van der Waals surface area contributed by atoms with Crippen LogP contribution in [0.1, 0.15) is 10.4 Å². The first-order chi connectivity index (χ1) is 8.73. The van der Waals surface area contributed by atoms with Crippen molar-refractivity contribution in [1.29, 1.82) is 0 Å².